The predicted molar refractivity (Wildman–Crippen MR) is 105 cm³/mol. The Morgan fingerprint density at radius 2 is 1.76 bits per heavy atom. The van der Waals surface area contributed by atoms with Crippen molar-refractivity contribution >= 4 is 28.4 Å². The highest BCUT2D eigenvalue weighted by atomic mass is 35.5. The van der Waals surface area contributed by atoms with Crippen LogP contribution in [-0.2, 0) is 6.42 Å². The second-order valence-corrected chi connectivity index (χ2v) is 5.88. The second kappa shape index (κ2) is 8.21. The van der Waals surface area contributed by atoms with E-state index in [2.05, 4.69) is 6.92 Å². The van der Waals surface area contributed by atoms with E-state index < -0.39 is 0 Å². The molecule has 25 heavy (non-hydrogen) atoms. The van der Waals surface area contributed by atoms with Crippen LogP contribution in [0.1, 0.15) is 42.4 Å². The molecule has 0 aliphatic carbocycles. The third kappa shape index (κ3) is 3.57. The van der Waals surface area contributed by atoms with Crippen LogP contribution < -0.4 is 4.74 Å². The third-order valence-corrected chi connectivity index (χ3v) is 4.44. The molecular weight excluding hydrogens is 334 g/mol. The molecule has 0 spiro atoms. The fraction of sp³-hybridized carbons (Fsp3) is 0.286. The number of carbonyl (C=O) groups excluding carboxylic acids is 1. The Kier molecular flexibility index (Phi) is 6.27. The minimum Gasteiger partial charge on any atom is -0.497 e. The summed E-state index contributed by atoms with van der Waals surface area (Å²) in [5.41, 5.74) is 3.66. The fourth-order valence-electron chi connectivity index (χ4n) is 3.02. The van der Waals surface area contributed by atoms with Gasteiger partial charge in [0.05, 0.1) is 12.6 Å². The number of hydrogen-bond acceptors (Lipinski definition) is 2. The maximum Gasteiger partial charge on any atom is 0.262 e. The molecule has 0 unspecified atom stereocenters. The van der Waals surface area contributed by atoms with Gasteiger partial charge in [-0.15, -0.1) is 0 Å². The normalized spacial score (nSPS) is 10.3. The second-order valence-electron chi connectivity index (χ2n) is 5.45. The zero-order valence-electron chi connectivity index (χ0n) is 15.4. The Hall–Kier alpha value is -2.26. The monoisotopic (exact) mass is 357 g/mol. The van der Waals surface area contributed by atoms with E-state index in [1.54, 1.807) is 35.9 Å². The Morgan fingerprint density at radius 3 is 2.32 bits per heavy atom. The van der Waals surface area contributed by atoms with Crippen molar-refractivity contribution in [2.45, 2.75) is 34.1 Å². The highest BCUT2D eigenvalue weighted by molar-refractivity contribution is 6.30. The van der Waals surface area contributed by atoms with Crippen LogP contribution in [0.15, 0.2) is 42.5 Å². The lowest BCUT2D eigenvalue weighted by atomic mass is 10.1. The van der Waals surface area contributed by atoms with E-state index in [-0.39, 0.29) is 5.91 Å². The van der Waals surface area contributed by atoms with Gasteiger partial charge in [-0.1, -0.05) is 32.4 Å². The average Bonchev–Trinajstić information content (AvgIpc) is 2.93. The first-order chi connectivity index (χ1) is 12.1. The number of fused-ring (bicyclic) bond motifs is 1. The molecular formula is C21H24ClNO2. The maximum absolute atomic E-state index is 13.0. The van der Waals surface area contributed by atoms with Crippen molar-refractivity contribution in [2.24, 2.45) is 0 Å². The lowest BCUT2D eigenvalue weighted by molar-refractivity contribution is 0.0963. The van der Waals surface area contributed by atoms with Crippen LogP contribution in [0.3, 0.4) is 0 Å². The molecule has 132 valence electrons. The van der Waals surface area contributed by atoms with Crippen molar-refractivity contribution < 1.29 is 9.53 Å². The van der Waals surface area contributed by atoms with Gasteiger partial charge in [-0.25, -0.2) is 0 Å². The van der Waals surface area contributed by atoms with Crippen LogP contribution in [0.5, 0.6) is 5.75 Å². The molecule has 0 saturated heterocycles. The molecule has 3 nitrogen and oxygen atoms in total. The summed E-state index contributed by atoms with van der Waals surface area (Å²) in [5.74, 6) is 0.748. The first-order valence-corrected chi connectivity index (χ1v) is 8.92. The number of nitrogens with zero attached hydrogens (tertiary/aromatic N) is 1. The Balaban J connectivity index is 0.00000109. The minimum absolute atomic E-state index is 0.0472. The Morgan fingerprint density at radius 1 is 1.12 bits per heavy atom. The van der Waals surface area contributed by atoms with Crippen molar-refractivity contribution in [3.63, 3.8) is 0 Å². The number of hydrogen-bond donors (Lipinski definition) is 0. The Bertz CT molecular complexity index is 879. The molecule has 0 bridgehead atoms. The smallest absolute Gasteiger partial charge is 0.262 e. The van der Waals surface area contributed by atoms with Gasteiger partial charge in [-0.2, -0.15) is 0 Å². The molecule has 0 aliphatic heterocycles. The first kappa shape index (κ1) is 19.1. The van der Waals surface area contributed by atoms with Gasteiger partial charge in [0, 0.05) is 21.7 Å². The molecule has 0 aliphatic rings. The lowest BCUT2D eigenvalue weighted by Crippen LogP contribution is -2.13. The zero-order chi connectivity index (χ0) is 18.6. The number of ether oxygens (including phenoxy) is 1. The van der Waals surface area contributed by atoms with E-state index in [1.165, 1.54) is 5.56 Å². The highest BCUT2D eigenvalue weighted by Crippen LogP contribution is 2.30. The van der Waals surface area contributed by atoms with E-state index in [1.807, 2.05) is 39.0 Å². The quantitative estimate of drug-likeness (QED) is 0.585. The number of methoxy groups -OCH3 is 1. The standard InChI is InChI=1S/C19H18ClNO2.C2H6/c1-4-16-12(2)21(18-10-9-15(23-3)11-17(16)18)19(22)13-5-7-14(20)8-6-13;1-2/h5-11H,4H2,1-3H3;1-2H3. The van der Waals surface area contributed by atoms with Gasteiger partial charge in [0.2, 0.25) is 0 Å². The van der Waals surface area contributed by atoms with E-state index in [0.717, 1.165) is 28.8 Å². The van der Waals surface area contributed by atoms with E-state index in [9.17, 15) is 4.79 Å². The third-order valence-electron chi connectivity index (χ3n) is 4.19. The Labute approximate surface area is 154 Å². The number of halogens is 1. The average molecular weight is 358 g/mol. The molecule has 0 amide bonds. The molecule has 0 radical (unpaired) electrons. The molecule has 0 saturated carbocycles. The van der Waals surface area contributed by atoms with Crippen molar-refractivity contribution in [2.75, 3.05) is 7.11 Å². The van der Waals surface area contributed by atoms with Crippen LogP contribution in [-0.4, -0.2) is 17.6 Å². The lowest BCUT2D eigenvalue weighted by Gasteiger charge is -2.08. The van der Waals surface area contributed by atoms with Crippen molar-refractivity contribution in [1.29, 1.82) is 0 Å². The van der Waals surface area contributed by atoms with E-state index in [0.29, 0.717) is 10.6 Å². The summed E-state index contributed by atoms with van der Waals surface area (Å²) >= 11 is 5.92. The maximum atomic E-state index is 13.0. The van der Waals surface area contributed by atoms with E-state index in [4.69, 9.17) is 16.3 Å². The number of aryl methyl sites for hydroxylation is 1. The fourth-order valence-corrected chi connectivity index (χ4v) is 3.14. The summed E-state index contributed by atoms with van der Waals surface area (Å²) in [4.78, 5) is 13.0. The number of aromatic nitrogens is 1. The molecule has 0 N–H and O–H groups in total. The van der Waals surface area contributed by atoms with Crippen LogP contribution in [0.4, 0.5) is 0 Å². The first-order valence-electron chi connectivity index (χ1n) is 8.55. The zero-order valence-corrected chi connectivity index (χ0v) is 16.1. The molecule has 3 aromatic rings. The van der Waals surface area contributed by atoms with Gasteiger partial charge < -0.3 is 4.74 Å². The van der Waals surface area contributed by atoms with Gasteiger partial charge in [0.15, 0.2) is 0 Å². The summed E-state index contributed by atoms with van der Waals surface area (Å²) in [6.45, 7) is 8.08. The molecule has 1 heterocycles. The van der Waals surface area contributed by atoms with Gasteiger partial charge in [-0.3, -0.25) is 9.36 Å². The molecule has 3 rings (SSSR count). The summed E-state index contributed by atoms with van der Waals surface area (Å²) in [7, 11) is 1.65. The summed E-state index contributed by atoms with van der Waals surface area (Å²) < 4.78 is 7.10. The number of rotatable bonds is 3. The van der Waals surface area contributed by atoms with Crippen LogP contribution >= 0.6 is 11.6 Å². The van der Waals surface area contributed by atoms with Gasteiger partial charge in [0.25, 0.3) is 5.91 Å². The summed E-state index contributed by atoms with van der Waals surface area (Å²) in [6, 6.07) is 12.8. The van der Waals surface area contributed by atoms with Gasteiger partial charge >= 0.3 is 0 Å². The number of carbonyl (C=O) groups is 1. The molecule has 0 fully saturated rings. The largest absolute Gasteiger partial charge is 0.497 e. The number of benzene rings is 2. The molecule has 0 atom stereocenters. The minimum atomic E-state index is -0.0472. The topological polar surface area (TPSA) is 31.2 Å². The van der Waals surface area contributed by atoms with Crippen molar-refractivity contribution in [1.82, 2.24) is 4.57 Å². The predicted octanol–water partition coefficient (Wildman–Crippen LogP) is 5.89. The van der Waals surface area contributed by atoms with E-state index >= 15 is 0 Å². The van der Waals surface area contributed by atoms with Gasteiger partial charge in [0.1, 0.15) is 5.75 Å². The SMILES string of the molecule is CC.CCc1c(C)n(C(=O)c2ccc(Cl)cc2)c2ccc(OC)cc12. The summed E-state index contributed by atoms with van der Waals surface area (Å²) in [6.07, 6.45) is 0.858. The van der Waals surface area contributed by atoms with Crippen LogP contribution in [0, 0.1) is 6.92 Å². The van der Waals surface area contributed by atoms with Gasteiger partial charge in [-0.05, 0) is 61.4 Å². The molecule has 4 heteroatoms. The highest BCUT2D eigenvalue weighted by Gasteiger charge is 2.19. The molecule has 2 aromatic carbocycles. The molecule has 1 aromatic heterocycles. The van der Waals surface area contributed by atoms with Crippen LogP contribution in [0.2, 0.25) is 5.02 Å². The van der Waals surface area contributed by atoms with Crippen molar-refractivity contribution in [3.05, 3.63) is 64.3 Å². The summed E-state index contributed by atoms with van der Waals surface area (Å²) in [5, 5.41) is 1.68. The van der Waals surface area contributed by atoms with Crippen molar-refractivity contribution in [3.8, 4) is 5.75 Å². The van der Waals surface area contributed by atoms with Crippen LogP contribution in [0.25, 0.3) is 10.9 Å².